The predicted molar refractivity (Wildman–Crippen MR) is 76.5 cm³/mol. The van der Waals surface area contributed by atoms with E-state index in [0.717, 1.165) is 25.7 Å². The maximum Gasteiger partial charge on any atom is 0.323 e. The Morgan fingerprint density at radius 3 is 2.33 bits per heavy atom. The minimum absolute atomic E-state index is 0.0301. The molecule has 0 unspecified atom stereocenters. The summed E-state index contributed by atoms with van der Waals surface area (Å²) in [6.07, 6.45) is 3.93. The molecule has 0 aromatic rings. The van der Waals surface area contributed by atoms with E-state index in [4.69, 9.17) is 5.11 Å². The molecule has 6 heteroatoms. The maximum atomic E-state index is 12.6. The first-order valence-electron chi connectivity index (χ1n) is 7.71. The van der Waals surface area contributed by atoms with Crippen LogP contribution in [-0.2, 0) is 14.4 Å². The lowest BCUT2D eigenvalue weighted by Crippen LogP contribution is -2.59. The average Bonchev–Trinajstić information content (AvgIpc) is 2.44. The molecule has 6 nitrogen and oxygen atoms in total. The van der Waals surface area contributed by atoms with Crippen LogP contribution in [0.1, 0.15) is 39.5 Å². The van der Waals surface area contributed by atoms with Gasteiger partial charge in [-0.05, 0) is 38.5 Å². The van der Waals surface area contributed by atoms with E-state index >= 15 is 0 Å². The van der Waals surface area contributed by atoms with E-state index in [1.54, 1.807) is 11.8 Å². The molecule has 1 N–H and O–H groups in total. The van der Waals surface area contributed by atoms with Crippen molar-refractivity contribution in [2.24, 2.45) is 11.8 Å². The van der Waals surface area contributed by atoms with Crippen molar-refractivity contribution in [1.82, 2.24) is 9.80 Å². The molecule has 1 aliphatic heterocycles. The number of carboxylic acids is 1. The van der Waals surface area contributed by atoms with Crippen LogP contribution < -0.4 is 0 Å². The average molecular weight is 296 g/mol. The summed E-state index contributed by atoms with van der Waals surface area (Å²) in [5.74, 6) is -0.501. The fraction of sp³-hybridized carbons (Fsp3) is 0.800. The Morgan fingerprint density at radius 2 is 1.76 bits per heavy atom. The number of hydrogen-bond donors (Lipinski definition) is 1. The number of aliphatic carboxylic acids is 1. The van der Waals surface area contributed by atoms with Crippen LogP contribution in [0.5, 0.6) is 0 Å². The molecule has 2 fully saturated rings. The quantitative estimate of drug-likeness (QED) is 0.841. The van der Waals surface area contributed by atoms with E-state index in [2.05, 4.69) is 6.92 Å². The van der Waals surface area contributed by atoms with Crippen molar-refractivity contribution in [3.8, 4) is 0 Å². The van der Waals surface area contributed by atoms with Gasteiger partial charge in [0.2, 0.25) is 11.8 Å². The summed E-state index contributed by atoms with van der Waals surface area (Å²) in [5.41, 5.74) is 0. The summed E-state index contributed by atoms with van der Waals surface area (Å²) in [6, 6.07) is -0.551. The van der Waals surface area contributed by atoms with Gasteiger partial charge in [-0.1, -0.05) is 6.92 Å². The summed E-state index contributed by atoms with van der Waals surface area (Å²) in [5, 5.41) is 8.80. The third-order valence-corrected chi connectivity index (χ3v) is 4.72. The van der Waals surface area contributed by atoms with Gasteiger partial charge in [0.25, 0.3) is 0 Å². The third-order valence-electron chi connectivity index (χ3n) is 4.72. The van der Waals surface area contributed by atoms with Gasteiger partial charge in [-0.3, -0.25) is 14.4 Å². The lowest BCUT2D eigenvalue weighted by molar-refractivity contribution is -0.156. The van der Waals surface area contributed by atoms with Crippen molar-refractivity contribution in [3.63, 3.8) is 0 Å². The zero-order valence-electron chi connectivity index (χ0n) is 12.7. The highest BCUT2D eigenvalue weighted by atomic mass is 16.4. The molecule has 118 valence electrons. The Kier molecular flexibility index (Phi) is 4.85. The summed E-state index contributed by atoms with van der Waals surface area (Å²) in [7, 11) is 0. The highest BCUT2D eigenvalue weighted by Crippen LogP contribution is 2.30. The van der Waals surface area contributed by atoms with Gasteiger partial charge in [0.1, 0.15) is 12.6 Å². The van der Waals surface area contributed by atoms with Crippen LogP contribution in [0.3, 0.4) is 0 Å². The summed E-state index contributed by atoms with van der Waals surface area (Å²) in [4.78, 5) is 38.5. The highest BCUT2D eigenvalue weighted by molar-refractivity contribution is 5.91. The van der Waals surface area contributed by atoms with Crippen molar-refractivity contribution in [3.05, 3.63) is 0 Å². The van der Waals surface area contributed by atoms with E-state index in [1.807, 2.05) is 0 Å². The number of piperazine rings is 1. The molecule has 21 heavy (non-hydrogen) atoms. The molecule has 2 aliphatic rings. The summed E-state index contributed by atoms with van der Waals surface area (Å²) >= 11 is 0. The Bertz CT molecular complexity index is 429. The normalized spacial score (nSPS) is 30.4. The molecular weight excluding hydrogens is 272 g/mol. The van der Waals surface area contributed by atoms with Crippen LogP contribution in [0.2, 0.25) is 0 Å². The second kappa shape index (κ2) is 6.45. The molecule has 1 saturated heterocycles. The van der Waals surface area contributed by atoms with E-state index in [1.165, 1.54) is 4.90 Å². The predicted octanol–water partition coefficient (Wildman–Crippen LogP) is 0.957. The molecule has 0 radical (unpaired) electrons. The SMILES string of the molecule is CC1CCC(C(=O)N2CCN(CC(=O)O)C(=O)[C@@H]2C)CC1. The molecule has 0 bridgehead atoms. The molecule has 1 heterocycles. The zero-order valence-corrected chi connectivity index (χ0v) is 12.7. The molecular formula is C15H24N2O4. The summed E-state index contributed by atoms with van der Waals surface area (Å²) in [6.45, 7) is 4.36. The van der Waals surface area contributed by atoms with Crippen molar-refractivity contribution in [2.45, 2.75) is 45.6 Å². The highest BCUT2D eigenvalue weighted by Gasteiger charge is 2.38. The minimum Gasteiger partial charge on any atom is -0.480 e. The first-order chi connectivity index (χ1) is 9.90. The molecule has 1 atom stereocenters. The van der Waals surface area contributed by atoms with Gasteiger partial charge in [-0.15, -0.1) is 0 Å². The number of amides is 2. The number of rotatable bonds is 3. The monoisotopic (exact) mass is 296 g/mol. The molecule has 0 aromatic carbocycles. The van der Waals surface area contributed by atoms with E-state index < -0.39 is 12.0 Å². The van der Waals surface area contributed by atoms with Crippen molar-refractivity contribution in [2.75, 3.05) is 19.6 Å². The minimum atomic E-state index is -1.02. The van der Waals surface area contributed by atoms with Crippen LogP contribution in [-0.4, -0.2) is 58.4 Å². The second-order valence-electron chi connectivity index (χ2n) is 6.32. The smallest absolute Gasteiger partial charge is 0.323 e. The topological polar surface area (TPSA) is 77.9 Å². The van der Waals surface area contributed by atoms with E-state index in [-0.39, 0.29) is 24.3 Å². The van der Waals surface area contributed by atoms with Gasteiger partial charge < -0.3 is 14.9 Å². The number of nitrogens with zero attached hydrogens (tertiary/aromatic N) is 2. The van der Waals surface area contributed by atoms with Crippen LogP contribution in [0.4, 0.5) is 0 Å². The largest absolute Gasteiger partial charge is 0.480 e. The molecule has 2 rings (SSSR count). The van der Waals surface area contributed by atoms with Gasteiger partial charge in [0, 0.05) is 19.0 Å². The van der Waals surface area contributed by atoms with Gasteiger partial charge in [-0.25, -0.2) is 0 Å². The number of carbonyl (C=O) groups excluding carboxylic acids is 2. The van der Waals surface area contributed by atoms with Crippen LogP contribution in [0.15, 0.2) is 0 Å². The lowest BCUT2D eigenvalue weighted by Gasteiger charge is -2.40. The Balaban J connectivity index is 1.97. The van der Waals surface area contributed by atoms with Gasteiger partial charge in [0.05, 0.1) is 0 Å². The first-order valence-corrected chi connectivity index (χ1v) is 7.71. The van der Waals surface area contributed by atoms with Gasteiger partial charge in [-0.2, -0.15) is 0 Å². The third kappa shape index (κ3) is 3.54. The molecule has 1 saturated carbocycles. The van der Waals surface area contributed by atoms with E-state index in [0.29, 0.717) is 19.0 Å². The van der Waals surface area contributed by atoms with Crippen LogP contribution >= 0.6 is 0 Å². The number of carbonyl (C=O) groups is 3. The summed E-state index contributed by atoms with van der Waals surface area (Å²) < 4.78 is 0. The van der Waals surface area contributed by atoms with Crippen molar-refractivity contribution >= 4 is 17.8 Å². The van der Waals surface area contributed by atoms with Gasteiger partial charge in [0.15, 0.2) is 0 Å². The molecule has 0 aromatic heterocycles. The maximum absolute atomic E-state index is 12.6. The zero-order chi connectivity index (χ0) is 15.6. The van der Waals surface area contributed by atoms with Crippen molar-refractivity contribution in [1.29, 1.82) is 0 Å². The Labute approximate surface area is 125 Å². The fourth-order valence-electron chi connectivity index (χ4n) is 3.29. The number of hydrogen-bond acceptors (Lipinski definition) is 3. The number of carboxylic acid groups (broad SMARTS) is 1. The van der Waals surface area contributed by atoms with Crippen LogP contribution in [0, 0.1) is 11.8 Å². The Morgan fingerprint density at radius 1 is 1.14 bits per heavy atom. The van der Waals surface area contributed by atoms with Crippen LogP contribution in [0.25, 0.3) is 0 Å². The first kappa shape index (κ1) is 15.8. The molecule has 1 aliphatic carbocycles. The second-order valence-corrected chi connectivity index (χ2v) is 6.32. The lowest BCUT2D eigenvalue weighted by atomic mass is 9.82. The fourth-order valence-corrected chi connectivity index (χ4v) is 3.29. The standard InChI is InChI=1S/C15H24N2O4/c1-10-3-5-12(6-4-10)15(21)17-8-7-16(9-13(18)19)14(20)11(17)2/h10-12H,3-9H2,1-2H3,(H,18,19)/t10?,11-,12?/m0/s1. The van der Waals surface area contributed by atoms with Gasteiger partial charge >= 0.3 is 5.97 Å². The van der Waals surface area contributed by atoms with E-state index in [9.17, 15) is 14.4 Å². The molecule has 2 amide bonds. The molecule has 0 spiro atoms. The van der Waals surface area contributed by atoms with Crippen molar-refractivity contribution < 1.29 is 19.5 Å². The Hall–Kier alpha value is -1.59.